The van der Waals surface area contributed by atoms with Gasteiger partial charge in [-0.05, 0) is 46.3 Å². The molecule has 1 amide bonds. The number of hydrogen-bond donors (Lipinski definition) is 1. The third kappa shape index (κ3) is 2.50. The molecular weight excluding hydrogens is 326 g/mol. The molecule has 0 aliphatic carbocycles. The quantitative estimate of drug-likeness (QED) is 0.777. The SMILES string of the molecule is O=C(Nc1ccc2nsnc2c1)c1ccccc1Br. The number of fused-ring (bicyclic) bond motifs is 1. The van der Waals surface area contributed by atoms with E-state index in [1.165, 1.54) is 0 Å². The van der Waals surface area contributed by atoms with Gasteiger partial charge in [0.2, 0.25) is 0 Å². The number of aromatic nitrogens is 2. The lowest BCUT2D eigenvalue weighted by Gasteiger charge is -2.06. The van der Waals surface area contributed by atoms with Crippen LogP contribution in [0.25, 0.3) is 11.0 Å². The fraction of sp³-hybridized carbons (Fsp3) is 0. The maximum atomic E-state index is 12.1. The Labute approximate surface area is 121 Å². The summed E-state index contributed by atoms with van der Waals surface area (Å²) >= 11 is 4.52. The molecule has 1 aromatic heterocycles. The molecule has 19 heavy (non-hydrogen) atoms. The first-order valence-electron chi connectivity index (χ1n) is 5.52. The lowest BCUT2D eigenvalue weighted by molar-refractivity contribution is 0.102. The van der Waals surface area contributed by atoms with E-state index >= 15 is 0 Å². The predicted molar refractivity (Wildman–Crippen MR) is 79.5 cm³/mol. The summed E-state index contributed by atoms with van der Waals surface area (Å²) in [6.07, 6.45) is 0. The molecule has 2 aromatic carbocycles. The zero-order valence-corrected chi connectivity index (χ0v) is 12.0. The molecule has 0 aliphatic rings. The Morgan fingerprint density at radius 3 is 2.74 bits per heavy atom. The molecule has 0 unspecified atom stereocenters. The monoisotopic (exact) mass is 333 g/mol. The van der Waals surface area contributed by atoms with Crippen LogP contribution in [-0.2, 0) is 0 Å². The minimum atomic E-state index is -0.157. The Morgan fingerprint density at radius 2 is 1.89 bits per heavy atom. The first kappa shape index (κ1) is 12.3. The molecular formula is C13H8BrN3OS. The highest BCUT2D eigenvalue weighted by Gasteiger charge is 2.10. The second-order valence-corrected chi connectivity index (χ2v) is 5.28. The topological polar surface area (TPSA) is 54.9 Å². The van der Waals surface area contributed by atoms with Crippen molar-refractivity contribution in [2.75, 3.05) is 5.32 Å². The van der Waals surface area contributed by atoms with Crippen molar-refractivity contribution in [2.24, 2.45) is 0 Å². The number of nitrogens with one attached hydrogen (secondary N) is 1. The van der Waals surface area contributed by atoms with Crippen LogP contribution in [0.4, 0.5) is 5.69 Å². The number of halogens is 1. The van der Waals surface area contributed by atoms with Gasteiger partial charge in [-0.25, -0.2) is 0 Å². The van der Waals surface area contributed by atoms with Crippen LogP contribution >= 0.6 is 27.7 Å². The fourth-order valence-corrected chi connectivity index (χ4v) is 2.69. The van der Waals surface area contributed by atoms with E-state index in [0.717, 1.165) is 27.2 Å². The molecule has 3 rings (SSSR count). The van der Waals surface area contributed by atoms with E-state index in [1.807, 2.05) is 36.4 Å². The van der Waals surface area contributed by atoms with Gasteiger partial charge in [-0.1, -0.05) is 12.1 Å². The normalized spacial score (nSPS) is 10.6. The molecule has 4 nitrogen and oxygen atoms in total. The second-order valence-electron chi connectivity index (χ2n) is 3.90. The van der Waals surface area contributed by atoms with E-state index in [0.29, 0.717) is 11.3 Å². The van der Waals surface area contributed by atoms with Crippen molar-refractivity contribution in [2.45, 2.75) is 0 Å². The van der Waals surface area contributed by atoms with E-state index < -0.39 is 0 Å². The fourth-order valence-electron chi connectivity index (χ4n) is 1.70. The Balaban J connectivity index is 1.88. The second kappa shape index (κ2) is 5.07. The number of amides is 1. The molecule has 0 saturated heterocycles. The summed E-state index contributed by atoms with van der Waals surface area (Å²) in [5.41, 5.74) is 2.93. The number of rotatable bonds is 2. The Hall–Kier alpha value is -1.79. The lowest BCUT2D eigenvalue weighted by Crippen LogP contribution is -2.12. The molecule has 3 aromatic rings. The van der Waals surface area contributed by atoms with Gasteiger partial charge in [-0.3, -0.25) is 4.79 Å². The van der Waals surface area contributed by atoms with Gasteiger partial charge >= 0.3 is 0 Å². The van der Waals surface area contributed by atoms with Gasteiger partial charge in [0.1, 0.15) is 11.0 Å². The summed E-state index contributed by atoms with van der Waals surface area (Å²) in [4.78, 5) is 12.1. The summed E-state index contributed by atoms with van der Waals surface area (Å²) in [7, 11) is 0. The van der Waals surface area contributed by atoms with Gasteiger partial charge in [-0.15, -0.1) is 0 Å². The Kier molecular flexibility index (Phi) is 3.27. The van der Waals surface area contributed by atoms with Crippen molar-refractivity contribution in [1.82, 2.24) is 8.75 Å². The molecule has 1 heterocycles. The molecule has 6 heteroatoms. The van der Waals surface area contributed by atoms with Crippen LogP contribution in [0, 0.1) is 0 Å². The van der Waals surface area contributed by atoms with Gasteiger partial charge in [0.25, 0.3) is 5.91 Å². The minimum Gasteiger partial charge on any atom is -0.322 e. The summed E-state index contributed by atoms with van der Waals surface area (Å²) in [5, 5.41) is 2.85. The lowest BCUT2D eigenvalue weighted by atomic mass is 10.2. The number of carbonyl (C=O) groups excluding carboxylic acids is 1. The molecule has 0 spiro atoms. The van der Waals surface area contributed by atoms with Crippen LogP contribution in [-0.4, -0.2) is 14.7 Å². The van der Waals surface area contributed by atoms with Crippen LogP contribution in [0.1, 0.15) is 10.4 Å². The molecule has 0 bridgehead atoms. The average molecular weight is 334 g/mol. The number of carbonyl (C=O) groups is 1. The van der Waals surface area contributed by atoms with Crippen molar-refractivity contribution >= 4 is 50.3 Å². The maximum absolute atomic E-state index is 12.1. The number of hydrogen-bond acceptors (Lipinski definition) is 4. The summed E-state index contributed by atoms with van der Waals surface area (Å²) < 4.78 is 9.04. The van der Waals surface area contributed by atoms with Crippen molar-refractivity contribution in [3.8, 4) is 0 Å². The Morgan fingerprint density at radius 1 is 1.11 bits per heavy atom. The van der Waals surface area contributed by atoms with E-state index in [2.05, 4.69) is 30.0 Å². The summed E-state index contributed by atoms with van der Waals surface area (Å²) in [6.45, 7) is 0. The molecule has 94 valence electrons. The van der Waals surface area contributed by atoms with Crippen LogP contribution in [0.3, 0.4) is 0 Å². The third-order valence-corrected chi connectivity index (χ3v) is 3.88. The first-order chi connectivity index (χ1) is 9.24. The minimum absolute atomic E-state index is 0.157. The van der Waals surface area contributed by atoms with Crippen molar-refractivity contribution in [3.05, 3.63) is 52.5 Å². The van der Waals surface area contributed by atoms with E-state index in [1.54, 1.807) is 6.07 Å². The van der Waals surface area contributed by atoms with Gasteiger partial charge in [0, 0.05) is 10.2 Å². The molecule has 0 aliphatic heterocycles. The highest BCUT2D eigenvalue weighted by atomic mass is 79.9. The standard InChI is InChI=1S/C13H8BrN3OS/c14-10-4-2-1-3-9(10)13(18)15-8-5-6-11-12(7-8)17-19-16-11/h1-7H,(H,15,18). The largest absolute Gasteiger partial charge is 0.322 e. The summed E-state index contributed by atoms with van der Waals surface area (Å²) in [6, 6.07) is 12.8. The number of anilines is 1. The van der Waals surface area contributed by atoms with E-state index in [-0.39, 0.29) is 5.91 Å². The molecule has 1 N–H and O–H groups in total. The van der Waals surface area contributed by atoms with Gasteiger partial charge in [0.15, 0.2) is 0 Å². The number of nitrogens with zero attached hydrogens (tertiary/aromatic N) is 2. The van der Waals surface area contributed by atoms with E-state index in [4.69, 9.17) is 0 Å². The molecule has 0 atom stereocenters. The van der Waals surface area contributed by atoms with Crippen molar-refractivity contribution < 1.29 is 4.79 Å². The van der Waals surface area contributed by atoms with Crippen LogP contribution in [0.15, 0.2) is 46.9 Å². The smallest absolute Gasteiger partial charge is 0.256 e. The van der Waals surface area contributed by atoms with Gasteiger partial charge < -0.3 is 5.32 Å². The highest BCUT2D eigenvalue weighted by molar-refractivity contribution is 9.10. The van der Waals surface area contributed by atoms with E-state index in [9.17, 15) is 4.79 Å². The van der Waals surface area contributed by atoms with Gasteiger partial charge in [0.05, 0.1) is 17.3 Å². The third-order valence-electron chi connectivity index (χ3n) is 2.63. The maximum Gasteiger partial charge on any atom is 0.256 e. The summed E-state index contributed by atoms with van der Waals surface area (Å²) in [5.74, 6) is -0.157. The zero-order chi connectivity index (χ0) is 13.2. The van der Waals surface area contributed by atoms with Gasteiger partial charge in [-0.2, -0.15) is 8.75 Å². The van der Waals surface area contributed by atoms with Crippen molar-refractivity contribution in [3.63, 3.8) is 0 Å². The Bertz CT molecular complexity index is 756. The van der Waals surface area contributed by atoms with Crippen molar-refractivity contribution in [1.29, 1.82) is 0 Å². The highest BCUT2D eigenvalue weighted by Crippen LogP contribution is 2.20. The zero-order valence-electron chi connectivity index (χ0n) is 9.63. The molecule has 0 radical (unpaired) electrons. The number of benzene rings is 2. The van der Waals surface area contributed by atoms with Crippen LogP contribution in [0.5, 0.6) is 0 Å². The predicted octanol–water partition coefficient (Wildman–Crippen LogP) is 3.71. The molecule has 0 saturated carbocycles. The first-order valence-corrected chi connectivity index (χ1v) is 7.04. The average Bonchev–Trinajstić information content (AvgIpc) is 2.86. The molecule has 0 fully saturated rings. The van der Waals surface area contributed by atoms with Crippen LogP contribution in [0.2, 0.25) is 0 Å². The van der Waals surface area contributed by atoms with Crippen LogP contribution < -0.4 is 5.32 Å².